The number of halogens is 2. The van der Waals surface area contributed by atoms with Gasteiger partial charge in [0, 0.05) is 11.4 Å². The number of carbonyl (C=O) groups excluding carboxylic acids is 1. The minimum Gasteiger partial charge on any atom is -0.449 e. The fourth-order valence-corrected chi connectivity index (χ4v) is 4.29. The van der Waals surface area contributed by atoms with Gasteiger partial charge in [0.2, 0.25) is 0 Å². The molecule has 0 saturated heterocycles. The first kappa shape index (κ1) is 24.6. The number of hydrogen-bond donors (Lipinski definition) is 1. The van der Waals surface area contributed by atoms with Crippen molar-refractivity contribution in [1.29, 1.82) is 0 Å². The maximum atomic E-state index is 14.1. The first-order chi connectivity index (χ1) is 17.0. The van der Waals surface area contributed by atoms with Crippen molar-refractivity contribution in [2.24, 2.45) is 4.99 Å². The SMILES string of the molecule is CCCCCCOC(=O)Nc1ccc(-c2ccc(C3CCC(c4c(F)cccc4F)=N3)cc2)cc1. The molecule has 0 aromatic heterocycles. The standard InChI is InChI=1S/C29H30F2N2O2/c1-2-3-4-5-19-35-29(34)32-23-15-13-21(14-16-23)20-9-11-22(12-10-20)26-17-18-27(33-26)28-24(30)7-6-8-25(28)31/h6-16,26H,2-5,17-19H2,1H3,(H,32,34). The van der Waals surface area contributed by atoms with Crippen LogP contribution in [0.2, 0.25) is 0 Å². The maximum Gasteiger partial charge on any atom is 0.411 e. The third kappa shape index (κ3) is 6.32. The van der Waals surface area contributed by atoms with E-state index >= 15 is 0 Å². The Morgan fingerprint density at radius 1 is 0.943 bits per heavy atom. The van der Waals surface area contributed by atoms with Crippen molar-refractivity contribution in [2.45, 2.75) is 51.5 Å². The Labute approximate surface area is 205 Å². The average molecular weight is 477 g/mol. The number of ether oxygens (including phenoxy) is 1. The molecule has 182 valence electrons. The Balaban J connectivity index is 1.35. The number of rotatable bonds is 9. The van der Waals surface area contributed by atoms with Gasteiger partial charge in [-0.3, -0.25) is 10.3 Å². The molecule has 1 aliphatic rings. The molecule has 1 atom stereocenters. The van der Waals surface area contributed by atoms with E-state index in [1.165, 1.54) is 18.2 Å². The number of carbonyl (C=O) groups is 1. The van der Waals surface area contributed by atoms with Gasteiger partial charge in [0.1, 0.15) is 11.6 Å². The highest BCUT2D eigenvalue weighted by atomic mass is 19.1. The Morgan fingerprint density at radius 3 is 2.26 bits per heavy atom. The number of hydrogen-bond acceptors (Lipinski definition) is 3. The second-order valence-corrected chi connectivity index (χ2v) is 8.75. The number of nitrogens with zero attached hydrogens (tertiary/aromatic N) is 1. The van der Waals surface area contributed by atoms with Crippen LogP contribution in [-0.2, 0) is 4.74 Å². The molecule has 0 fully saturated rings. The quantitative estimate of drug-likeness (QED) is 0.317. The zero-order valence-electron chi connectivity index (χ0n) is 19.9. The van der Waals surface area contributed by atoms with Crippen molar-refractivity contribution in [2.75, 3.05) is 11.9 Å². The number of amides is 1. The van der Waals surface area contributed by atoms with Gasteiger partial charge in [-0.05, 0) is 60.2 Å². The molecule has 1 unspecified atom stereocenters. The van der Waals surface area contributed by atoms with Crippen LogP contribution in [0, 0.1) is 11.6 Å². The second kappa shape index (κ2) is 11.7. The summed E-state index contributed by atoms with van der Waals surface area (Å²) < 4.78 is 33.4. The molecule has 1 amide bonds. The van der Waals surface area contributed by atoms with Crippen LogP contribution in [-0.4, -0.2) is 18.4 Å². The van der Waals surface area contributed by atoms with E-state index in [0.717, 1.165) is 48.8 Å². The lowest BCUT2D eigenvalue weighted by molar-refractivity contribution is 0.159. The molecule has 6 heteroatoms. The molecule has 3 aromatic carbocycles. The molecular formula is C29H30F2N2O2. The smallest absolute Gasteiger partial charge is 0.411 e. The Kier molecular flexibility index (Phi) is 8.24. The van der Waals surface area contributed by atoms with Gasteiger partial charge in [-0.15, -0.1) is 0 Å². The van der Waals surface area contributed by atoms with Gasteiger partial charge in [0.25, 0.3) is 0 Å². The summed E-state index contributed by atoms with van der Waals surface area (Å²) >= 11 is 0. The maximum absolute atomic E-state index is 14.1. The van der Waals surface area contributed by atoms with Crippen molar-refractivity contribution in [3.63, 3.8) is 0 Å². The van der Waals surface area contributed by atoms with E-state index in [4.69, 9.17) is 4.74 Å². The third-order valence-electron chi connectivity index (χ3n) is 6.21. The minimum absolute atomic E-state index is 0.0132. The lowest BCUT2D eigenvalue weighted by Gasteiger charge is -2.10. The summed E-state index contributed by atoms with van der Waals surface area (Å²) in [6.07, 6.45) is 5.06. The predicted molar refractivity (Wildman–Crippen MR) is 136 cm³/mol. The predicted octanol–water partition coefficient (Wildman–Crippen LogP) is 8.08. The lowest BCUT2D eigenvalue weighted by Crippen LogP contribution is -2.14. The summed E-state index contributed by atoms with van der Waals surface area (Å²) in [6.45, 7) is 2.57. The Hall–Kier alpha value is -3.54. The molecule has 1 N–H and O–H groups in total. The summed E-state index contributed by atoms with van der Waals surface area (Å²) in [5.41, 5.74) is 4.20. The van der Waals surface area contributed by atoms with E-state index in [0.29, 0.717) is 24.4 Å². The number of nitrogens with one attached hydrogen (secondary N) is 1. The van der Waals surface area contributed by atoms with Crippen LogP contribution in [0.3, 0.4) is 0 Å². The lowest BCUT2D eigenvalue weighted by atomic mass is 9.99. The largest absolute Gasteiger partial charge is 0.449 e. The molecule has 35 heavy (non-hydrogen) atoms. The Morgan fingerprint density at radius 2 is 1.60 bits per heavy atom. The van der Waals surface area contributed by atoms with E-state index in [9.17, 15) is 13.6 Å². The zero-order valence-corrected chi connectivity index (χ0v) is 19.9. The van der Waals surface area contributed by atoms with Gasteiger partial charge in [0.15, 0.2) is 0 Å². The van der Waals surface area contributed by atoms with Crippen molar-refractivity contribution in [3.8, 4) is 11.1 Å². The molecule has 0 aliphatic carbocycles. The highest BCUT2D eigenvalue weighted by Crippen LogP contribution is 2.33. The van der Waals surface area contributed by atoms with Crippen molar-refractivity contribution in [1.82, 2.24) is 0 Å². The van der Waals surface area contributed by atoms with Crippen LogP contribution in [0.15, 0.2) is 71.7 Å². The zero-order chi connectivity index (χ0) is 24.6. The first-order valence-corrected chi connectivity index (χ1v) is 12.2. The van der Waals surface area contributed by atoms with Gasteiger partial charge in [0.05, 0.1) is 18.2 Å². The van der Waals surface area contributed by atoms with Crippen LogP contribution in [0.4, 0.5) is 19.3 Å². The van der Waals surface area contributed by atoms with Crippen molar-refractivity contribution < 1.29 is 18.3 Å². The normalized spacial score (nSPS) is 15.1. The van der Waals surface area contributed by atoms with E-state index in [-0.39, 0.29) is 11.6 Å². The van der Waals surface area contributed by atoms with Crippen LogP contribution in [0.25, 0.3) is 11.1 Å². The van der Waals surface area contributed by atoms with E-state index in [1.54, 1.807) is 0 Å². The molecular weight excluding hydrogens is 446 g/mol. The molecule has 0 radical (unpaired) electrons. The van der Waals surface area contributed by atoms with Gasteiger partial charge < -0.3 is 4.74 Å². The second-order valence-electron chi connectivity index (χ2n) is 8.75. The van der Waals surface area contributed by atoms with E-state index in [1.807, 2.05) is 48.5 Å². The molecule has 4 nitrogen and oxygen atoms in total. The van der Waals surface area contributed by atoms with Crippen molar-refractivity contribution >= 4 is 17.5 Å². The molecule has 0 bridgehead atoms. The molecule has 1 heterocycles. The van der Waals surface area contributed by atoms with Crippen LogP contribution in [0.1, 0.15) is 62.6 Å². The van der Waals surface area contributed by atoms with Gasteiger partial charge in [-0.2, -0.15) is 0 Å². The third-order valence-corrected chi connectivity index (χ3v) is 6.21. The number of benzene rings is 3. The minimum atomic E-state index is -0.571. The summed E-state index contributed by atoms with van der Waals surface area (Å²) in [5.74, 6) is -1.14. The summed E-state index contributed by atoms with van der Waals surface area (Å²) in [4.78, 5) is 16.5. The highest BCUT2D eigenvalue weighted by molar-refractivity contribution is 6.02. The van der Waals surface area contributed by atoms with Gasteiger partial charge in [-0.1, -0.05) is 68.7 Å². The number of aliphatic imine (C=N–C) groups is 1. The fraction of sp³-hybridized carbons (Fsp3) is 0.310. The molecule has 0 saturated carbocycles. The van der Waals surface area contributed by atoms with Crippen molar-refractivity contribution in [3.05, 3.63) is 89.5 Å². The Bertz CT molecular complexity index is 1150. The summed E-state index contributed by atoms with van der Waals surface area (Å²) in [6, 6.07) is 19.4. The first-order valence-electron chi connectivity index (χ1n) is 12.2. The molecule has 4 rings (SSSR count). The topological polar surface area (TPSA) is 50.7 Å². The van der Waals surface area contributed by atoms with Crippen LogP contribution < -0.4 is 5.32 Å². The molecule has 1 aliphatic heterocycles. The number of anilines is 1. The molecule has 0 spiro atoms. The fourth-order valence-electron chi connectivity index (χ4n) is 4.29. The van der Waals surface area contributed by atoms with E-state index in [2.05, 4.69) is 17.2 Å². The monoisotopic (exact) mass is 476 g/mol. The number of unbranched alkanes of at least 4 members (excludes halogenated alkanes) is 3. The average Bonchev–Trinajstić information content (AvgIpc) is 3.34. The van der Waals surface area contributed by atoms with Crippen LogP contribution in [0.5, 0.6) is 0 Å². The summed E-state index contributed by atoms with van der Waals surface area (Å²) in [5, 5.41) is 2.75. The van der Waals surface area contributed by atoms with Crippen LogP contribution >= 0.6 is 0 Å². The van der Waals surface area contributed by atoms with E-state index < -0.39 is 17.7 Å². The highest BCUT2D eigenvalue weighted by Gasteiger charge is 2.24. The van der Waals surface area contributed by atoms with Gasteiger partial charge in [-0.25, -0.2) is 13.6 Å². The van der Waals surface area contributed by atoms with Gasteiger partial charge >= 0.3 is 6.09 Å². The summed E-state index contributed by atoms with van der Waals surface area (Å²) in [7, 11) is 0. The molecule has 3 aromatic rings.